The predicted octanol–water partition coefficient (Wildman–Crippen LogP) is 2.08. The number of benzene rings is 2. The van der Waals surface area contributed by atoms with Crippen molar-refractivity contribution in [3.05, 3.63) is 59.8 Å². The molecule has 2 aromatic carbocycles. The maximum absolute atomic E-state index is 13.2. The zero-order chi connectivity index (χ0) is 19.7. The number of ether oxygens (including phenoxy) is 1. The van der Waals surface area contributed by atoms with Gasteiger partial charge in [0.25, 0.3) is 0 Å². The molecule has 1 fully saturated rings. The Hall–Kier alpha value is -2.79. The number of nitrogens with zero attached hydrogens (tertiary/aromatic N) is 2. The highest BCUT2D eigenvalue weighted by molar-refractivity contribution is 6.10. The zero-order valence-electron chi connectivity index (χ0n) is 16.9. The third-order valence-electron chi connectivity index (χ3n) is 5.98. The fourth-order valence-electron chi connectivity index (χ4n) is 4.24. The highest BCUT2D eigenvalue weighted by Crippen LogP contribution is 2.28. The molecule has 0 saturated carbocycles. The fraction of sp³-hybridized carbons (Fsp3) is 0.348. The Bertz CT molecular complexity index is 986. The number of fused-ring (bicyclic) bond motifs is 1. The van der Waals surface area contributed by atoms with Crippen LogP contribution in [-0.4, -0.2) is 50.2 Å². The lowest BCUT2D eigenvalue weighted by Crippen LogP contribution is -3.15. The molecule has 1 N–H and O–H groups in total. The van der Waals surface area contributed by atoms with Crippen LogP contribution in [0.15, 0.2) is 48.5 Å². The molecule has 1 aliphatic rings. The molecule has 2 heterocycles. The number of ketones is 1. The Morgan fingerprint density at radius 3 is 2.50 bits per heavy atom. The van der Waals surface area contributed by atoms with Gasteiger partial charge in [-0.15, -0.1) is 0 Å². The van der Waals surface area contributed by atoms with Gasteiger partial charge < -0.3 is 19.1 Å². The number of anilines is 1. The number of rotatable bonds is 5. The Labute approximate surface area is 166 Å². The summed E-state index contributed by atoms with van der Waals surface area (Å²) in [6.07, 6.45) is 0. The summed E-state index contributed by atoms with van der Waals surface area (Å²) in [7, 11) is 3.68. The SMILES string of the molecule is COc1ccc2c(c1)c(C(=O)C[NH+]1CCN(c3ccccc3)CC1)c(C)n2C. The van der Waals surface area contributed by atoms with Crippen LogP contribution in [0.4, 0.5) is 5.69 Å². The smallest absolute Gasteiger partial charge is 0.219 e. The van der Waals surface area contributed by atoms with Crippen molar-refractivity contribution < 1.29 is 14.4 Å². The van der Waals surface area contributed by atoms with Gasteiger partial charge in [-0.2, -0.15) is 0 Å². The minimum Gasteiger partial charge on any atom is -0.497 e. The number of carbonyl (C=O) groups excluding carboxylic acids is 1. The molecular formula is C23H28N3O2+. The summed E-state index contributed by atoms with van der Waals surface area (Å²) in [5, 5.41) is 0.992. The van der Waals surface area contributed by atoms with Gasteiger partial charge in [-0.1, -0.05) is 18.2 Å². The van der Waals surface area contributed by atoms with E-state index in [0.29, 0.717) is 6.54 Å². The first-order chi connectivity index (χ1) is 13.6. The number of nitrogens with one attached hydrogen (secondary N) is 1. The Morgan fingerprint density at radius 2 is 1.82 bits per heavy atom. The largest absolute Gasteiger partial charge is 0.497 e. The third-order valence-corrected chi connectivity index (χ3v) is 5.98. The van der Waals surface area contributed by atoms with Crippen molar-refractivity contribution in [3.63, 3.8) is 0 Å². The second-order valence-electron chi connectivity index (χ2n) is 7.58. The highest BCUT2D eigenvalue weighted by atomic mass is 16.5. The lowest BCUT2D eigenvalue weighted by molar-refractivity contribution is -0.892. The third kappa shape index (κ3) is 3.38. The van der Waals surface area contributed by atoms with Crippen LogP contribution in [0.1, 0.15) is 16.1 Å². The number of methoxy groups -OCH3 is 1. The van der Waals surface area contributed by atoms with E-state index in [1.807, 2.05) is 38.2 Å². The van der Waals surface area contributed by atoms with Crippen LogP contribution in [0.2, 0.25) is 0 Å². The molecule has 0 bridgehead atoms. The molecule has 0 unspecified atom stereocenters. The van der Waals surface area contributed by atoms with E-state index in [-0.39, 0.29) is 5.78 Å². The van der Waals surface area contributed by atoms with Crippen LogP contribution in [0.5, 0.6) is 5.75 Å². The standard InChI is InChI=1S/C23H27N3O2/c1-17-23(20-15-19(28-3)9-10-21(20)24(17)2)22(27)16-25-11-13-26(14-12-25)18-7-5-4-6-8-18/h4-10,15H,11-14,16H2,1-3H3/p+1. The van der Waals surface area contributed by atoms with Crippen molar-refractivity contribution in [2.24, 2.45) is 7.05 Å². The maximum Gasteiger partial charge on any atom is 0.219 e. The van der Waals surface area contributed by atoms with Crippen LogP contribution in [-0.2, 0) is 7.05 Å². The van der Waals surface area contributed by atoms with Crippen molar-refractivity contribution in [2.75, 3.05) is 44.7 Å². The summed E-state index contributed by atoms with van der Waals surface area (Å²) in [6, 6.07) is 16.5. The summed E-state index contributed by atoms with van der Waals surface area (Å²) in [6.45, 7) is 6.49. The molecule has 0 aliphatic carbocycles. The minimum absolute atomic E-state index is 0.222. The van der Waals surface area contributed by atoms with Gasteiger partial charge in [0.05, 0.1) is 38.9 Å². The zero-order valence-corrected chi connectivity index (χ0v) is 16.9. The Balaban J connectivity index is 1.50. The number of aromatic nitrogens is 1. The second kappa shape index (κ2) is 7.68. The van der Waals surface area contributed by atoms with Gasteiger partial charge in [0, 0.05) is 29.3 Å². The van der Waals surface area contributed by atoms with Gasteiger partial charge in [0.15, 0.2) is 0 Å². The second-order valence-corrected chi connectivity index (χ2v) is 7.58. The average molecular weight is 378 g/mol. The van der Waals surface area contributed by atoms with Crippen LogP contribution in [0.3, 0.4) is 0 Å². The molecule has 1 saturated heterocycles. The average Bonchev–Trinajstić information content (AvgIpc) is 2.99. The van der Waals surface area contributed by atoms with Gasteiger partial charge in [-0.05, 0) is 37.3 Å². The lowest BCUT2D eigenvalue weighted by atomic mass is 10.1. The van der Waals surface area contributed by atoms with E-state index < -0.39 is 0 Å². The van der Waals surface area contributed by atoms with E-state index in [2.05, 4.69) is 33.7 Å². The molecule has 5 nitrogen and oxygen atoms in total. The van der Waals surface area contributed by atoms with Crippen molar-refractivity contribution in [1.29, 1.82) is 0 Å². The highest BCUT2D eigenvalue weighted by Gasteiger charge is 2.26. The molecule has 0 spiro atoms. The van der Waals surface area contributed by atoms with E-state index in [1.165, 1.54) is 10.6 Å². The summed E-state index contributed by atoms with van der Waals surface area (Å²) in [4.78, 5) is 17.0. The van der Waals surface area contributed by atoms with Gasteiger partial charge in [-0.25, -0.2) is 0 Å². The number of hydrogen-bond donors (Lipinski definition) is 1. The van der Waals surface area contributed by atoms with E-state index in [1.54, 1.807) is 7.11 Å². The summed E-state index contributed by atoms with van der Waals surface area (Å²) in [5.74, 6) is 1.01. The molecule has 3 aromatic rings. The number of quaternary nitrogens is 1. The van der Waals surface area contributed by atoms with Crippen molar-refractivity contribution in [3.8, 4) is 5.75 Å². The number of Topliss-reactive ketones (excluding diaryl/α,β-unsaturated/α-hetero) is 1. The molecule has 4 rings (SSSR count). The van der Waals surface area contributed by atoms with Crippen molar-refractivity contribution in [1.82, 2.24) is 4.57 Å². The summed E-state index contributed by atoms with van der Waals surface area (Å²) < 4.78 is 7.48. The topological polar surface area (TPSA) is 38.9 Å². The number of piperazine rings is 1. The van der Waals surface area contributed by atoms with Crippen LogP contribution >= 0.6 is 0 Å². The summed E-state index contributed by atoms with van der Waals surface area (Å²) in [5.41, 5.74) is 4.21. The molecule has 0 atom stereocenters. The monoisotopic (exact) mass is 378 g/mol. The first-order valence-electron chi connectivity index (χ1n) is 9.88. The quantitative estimate of drug-likeness (QED) is 0.691. The van der Waals surface area contributed by atoms with E-state index in [4.69, 9.17) is 4.74 Å². The van der Waals surface area contributed by atoms with E-state index in [0.717, 1.165) is 54.1 Å². The van der Waals surface area contributed by atoms with Crippen LogP contribution < -0.4 is 14.5 Å². The number of hydrogen-bond acceptors (Lipinski definition) is 3. The molecule has 0 radical (unpaired) electrons. The first kappa shape index (κ1) is 18.6. The number of para-hydroxylation sites is 1. The molecule has 0 amide bonds. The molecule has 28 heavy (non-hydrogen) atoms. The van der Waals surface area contributed by atoms with Crippen LogP contribution in [0, 0.1) is 6.92 Å². The minimum atomic E-state index is 0.222. The Morgan fingerprint density at radius 1 is 1.11 bits per heavy atom. The predicted molar refractivity (Wildman–Crippen MR) is 113 cm³/mol. The van der Waals surface area contributed by atoms with Gasteiger partial charge in [0.1, 0.15) is 12.3 Å². The van der Waals surface area contributed by atoms with E-state index >= 15 is 0 Å². The number of carbonyl (C=O) groups is 1. The van der Waals surface area contributed by atoms with E-state index in [9.17, 15) is 4.79 Å². The Kier molecular flexibility index (Phi) is 5.09. The fourth-order valence-corrected chi connectivity index (χ4v) is 4.24. The maximum atomic E-state index is 13.2. The van der Waals surface area contributed by atoms with Gasteiger partial charge in [0.2, 0.25) is 5.78 Å². The first-order valence-corrected chi connectivity index (χ1v) is 9.88. The van der Waals surface area contributed by atoms with Gasteiger partial charge in [-0.3, -0.25) is 4.79 Å². The number of aryl methyl sites for hydroxylation is 1. The van der Waals surface area contributed by atoms with Crippen LogP contribution in [0.25, 0.3) is 10.9 Å². The molecule has 1 aromatic heterocycles. The van der Waals surface area contributed by atoms with Crippen molar-refractivity contribution in [2.45, 2.75) is 6.92 Å². The van der Waals surface area contributed by atoms with Crippen molar-refractivity contribution >= 4 is 22.4 Å². The summed E-state index contributed by atoms with van der Waals surface area (Å²) >= 11 is 0. The molecule has 5 heteroatoms. The molecular weight excluding hydrogens is 350 g/mol. The molecule has 1 aliphatic heterocycles. The molecule has 146 valence electrons. The normalized spacial score (nSPS) is 15.2. The van der Waals surface area contributed by atoms with Gasteiger partial charge >= 0.3 is 0 Å². The lowest BCUT2D eigenvalue weighted by Gasteiger charge is -2.33.